The van der Waals surface area contributed by atoms with E-state index < -0.39 is 5.60 Å². The second-order valence-electron chi connectivity index (χ2n) is 9.55. The summed E-state index contributed by atoms with van der Waals surface area (Å²) in [6, 6.07) is 13.2. The predicted molar refractivity (Wildman–Crippen MR) is 126 cm³/mol. The first-order valence-electron chi connectivity index (χ1n) is 11.2. The molecule has 0 spiro atoms. The number of ether oxygens (including phenoxy) is 1. The van der Waals surface area contributed by atoms with Crippen LogP contribution in [0.15, 0.2) is 48.5 Å². The molecule has 2 fully saturated rings. The molecule has 1 atom stereocenters. The van der Waals surface area contributed by atoms with Gasteiger partial charge in [-0.25, -0.2) is 14.0 Å². The summed E-state index contributed by atoms with van der Waals surface area (Å²) in [5, 5.41) is 0.611. The summed E-state index contributed by atoms with van der Waals surface area (Å²) in [6.07, 6.45) is 0.978. The first-order valence-corrected chi connectivity index (χ1v) is 11.6. The van der Waals surface area contributed by atoms with Gasteiger partial charge in [0.1, 0.15) is 11.4 Å². The number of urea groups is 1. The lowest BCUT2D eigenvalue weighted by molar-refractivity contribution is 0.0158. The number of benzene rings is 2. The van der Waals surface area contributed by atoms with Crippen molar-refractivity contribution in [1.82, 2.24) is 9.80 Å². The van der Waals surface area contributed by atoms with Crippen LogP contribution in [0.25, 0.3) is 0 Å². The lowest BCUT2D eigenvalue weighted by atomic mass is 9.99. The fraction of sp³-hybridized carbons (Fsp3) is 0.440. The molecule has 2 aliphatic heterocycles. The molecule has 0 aliphatic carbocycles. The van der Waals surface area contributed by atoms with Gasteiger partial charge in [-0.15, -0.1) is 0 Å². The summed E-state index contributed by atoms with van der Waals surface area (Å²) in [5.74, 6) is -0.344. The van der Waals surface area contributed by atoms with Gasteiger partial charge in [0.25, 0.3) is 0 Å². The number of amides is 3. The maximum Gasteiger partial charge on any atom is 0.410 e. The van der Waals surface area contributed by atoms with Gasteiger partial charge >= 0.3 is 12.1 Å². The minimum Gasteiger partial charge on any atom is -0.444 e. The van der Waals surface area contributed by atoms with Crippen LogP contribution in [-0.2, 0) is 4.74 Å². The molecule has 176 valence electrons. The molecule has 33 heavy (non-hydrogen) atoms. The Morgan fingerprint density at radius 1 is 1.09 bits per heavy atom. The van der Waals surface area contributed by atoms with Crippen LogP contribution in [0.5, 0.6) is 0 Å². The molecule has 0 N–H and O–H groups in total. The quantitative estimate of drug-likeness (QED) is 0.560. The van der Waals surface area contributed by atoms with Crippen LogP contribution < -0.4 is 4.90 Å². The summed E-state index contributed by atoms with van der Waals surface area (Å²) in [7, 11) is 0. The van der Waals surface area contributed by atoms with Crippen molar-refractivity contribution < 1.29 is 18.7 Å². The minimum atomic E-state index is -0.549. The molecule has 2 aliphatic rings. The Kier molecular flexibility index (Phi) is 6.52. The van der Waals surface area contributed by atoms with Crippen LogP contribution in [0.3, 0.4) is 0 Å². The van der Waals surface area contributed by atoms with E-state index in [1.54, 1.807) is 21.9 Å². The van der Waals surface area contributed by atoms with Crippen molar-refractivity contribution in [1.29, 1.82) is 0 Å². The van der Waals surface area contributed by atoms with Gasteiger partial charge < -0.3 is 14.5 Å². The first kappa shape index (κ1) is 23.4. The topological polar surface area (TPSA) is 53.1 Å². The molecule has 3 amide bonds. The van der Waals surface area contributed by atoms with Crippen LogP contribution in [-0.4, -0.2) is 53.2 Å². The summed E-state index contributed by atoms with van der Waals surface area (Å²) in [6.45, 7) is 7.02. The van der Waals surface area contributed by atoms with Gasteiger partial charge in [0.05, 0.1) is 12.6 Å². The highest BCUT2D eigenvalue weighted by atomic mass is 35.5. The molecule has 2 heterocycles. The molecule has 2 aromatic carbocycles. The third-order valence-corrected chi connectivity index (χ3v) is 6.26. The smallest absolute Gasteiger partial charge is 0.410 e. The number of likely N-dealkylation sites (tertiary alicyclic amines) is 1. The number of hydrogen-bond donors (Lipinski definition) is 0. The van der Waals surface area contributed by atoms with Crippen LogP contribution in [0.4, 0.5) is 19.7 Å². The van der Waals surface area contributed by atoms with Crippen LogP contribution >= 0.6 is 11.6 Å². The first-order chi connectivity index (χ1) is 15.6. The molecule has 0 aromatic heterocycles. The van der Waals surface area contributed by atoms with Crippen LogP contribution in [0.2, 0.25) is 5.02 Å². The number of anilines is 1. The number of nitrogens with zero attached hydrogens (tertiary/aromatic N) is 3. The predicted octanol–water partition coefficient (Wildman–Crippen LogP) is 5.86. The van der Waals surface area contributed by atoms with Crippen molar-refractivity contribution in [3.8, 4) is 0 Å². The molecule has 2 aromatic rings. The number of piperidine rings is 1. The van der Waals surface area contributed by atoms with Crippen molar-refractivity contribution in [2.45, 2.75) is 51.3 Å². The monoisotopic (exact) mass is 473 g/mol. The maximum absolute atomic E-state index is 13.6. The maximum atomic E-state index is 13.6. The van der Waals surface area contributed by atoms with E-state index in [9.17, 15) is 14.0 Å². The van der Waals surface area contributed by atoms with Gasteiger partial charge in [0.15, 0.2) is 0 Å². The van der Waals surface area contributed by atoms with Crippen molar-refractivity contribution in [2.24, 2.45) is 0 Å². The molecule has 4 rings (SSSR count). The summed E-state index contributed by atoms with van der Waals surface area (Å²) in [5.41, 5.74) is 1.06. The minimum absolute atomic E-state index is 0.0365. The molecule has 0 radical (unpaired) electrons. The molecule has 6 nitrogen and oxygen atoms in total. The molecular weight excluding hydrogens is 445 g/mol. The van der Waals surface area contributed by atoms with E-state index in [2.05, 4.69) is 0 Å². The zero-order valence-electron chi connectivity index (χ0n) is 19.1. The van der Waals surface area contributed by atoms with Gasteiger partial charge in [0.2, 0.25) is 0 Å². The molecule has 8 heteroatoms. The Morgan fingerprint density at radius 2 is 1.76 bits per heavy atom. The molecule has 0 bridgehead atoms. The van der Waals surface area contributed by atoms with E-state index in [1.807, 2.05) is 49.9 Å². The largest absolute Gasteiger partial charge is 0.444 e. The van der Waals surface area contributed by atoms with Gasteiger partial charge in [-0.05, 0) is 75.6 Å². The lowest BCUT2D eigenvalue weighted by Crippen LogP contribution is -2.49. The number of hydrogen-bond acceptors (Lipinski definition) is 3. The second kappa shape index (κ2) is 9.21. The number of carbonyl (C=O) groups is 2. The number of halogens is 2. The Bertz CT molecular complexity index is 1020. The van der Waals surface area contributed by atoms with Gasteiger partial charge in [-0.1, -0.05) is 23.7 Å². The van der Waals surface area contributed by atoms with Crippen molar-refractivity contribution >= 4 is 29.4 Å². The number of carbonyl (C=O) groups excluding carboxylic acids is 2. The average Bonchev–Trinajstić information content (AvgIpc) is 3.10. The summed E-state index contributed by atoms with van der Waals surface area (Å²) >= 11 is 6.25. The Hall–Kier alpha value is -2.80. The van der Waals surface area contributed by atoms with Gasteiger partial charge in [-0.2, -0.15) is 0 Å². The Labute approximate surface area is 198 Å². The van der Waals surface area contributed by atoms with Crippen molar-refractivity contribution in [3.63, 3.8) is 0 Å². The Balaban J connectivity index is 1.56. The fourth-order valence-corrected chi connectivity index (χ4v) is 4.69. The standard InChI is InChI=1S/C25H29ClFN3O3/c1-25(2,3)33-24(32)28-13-11-21(12-14-28)30-22(17-5-4-6-18(26)15-17)16-29(23(30)31)20-9-7-19(27)8-10-20/h4-10,15,21-22H,11-14,16H2,1-3H3. The fourth-order valence-electron chi connectivity index (χ4n) is 4.49. The van der Waals surface area contributed by atoms with Gasteiger partial charge in [-0.3, -0.25) is 4.90 Å². The average molecular weight is 474 g/mol. The third kappa shape index (κ3) is 5.24. The van der Waals surface area contributed by atoms with E-state index in [1.165, 1.54) is 12.1 Å². The number of rotatable bonds is 3. The van der Waals surface area contributed by atoms with Crippen molar-refractivity contribution in [3.05, 3.63) is 64.9 Å². The van der Waals surface area contributed by atoms with E-state index in [-0.39, 0.29) is 30.0 Å². The van der Waals surface area contributed by atoms with Crippen molar-refractivity contribution in [2.75, 3.05) is 24.5 Å². The SMILES string of the molecule is CC(C)(C)OC(=O)N1CCC(N2C(=O)N(c3ccc(F)cc3)CC2c2cccc(Cl)c2)CC1. The Morgan fingerprint density at radius 3 is 2.36 bits per heavy atom. The summed E-state index contributed by atoms with van der Waals surface area (Å²) in [4.78, 5) is 31.3. The highest BCUT2D eigenvalue weighted by Crippen LogP contribution is 2.37. The van der Waals surface area contributed by atoms with E-state index >= 15 is 0 Å². The van der Waals surface area contributed by atoms with E-state index in [0.717, 1.165) is 5.56 Å². The third-order valence-electron chi connectivity index (χ3n) is 6.02. The van der Waals surface area contributed by atoms with Crippen LogP contribution in [0.1, 0.15) is 45.2 Å². The second-order valence-corrected chi connectivity index (χ2v) is 9.98. The lowest BCUT2D eigenvalue weighted by Gasteiger charge is -2.39. The van der Waals surface area contributed by atoms with E-state index in [0.29, 0.717) is 43.2 Å². The summed E-state index contributed by atoms with van der Waals surface area (Å²) < 4.78 is 19.0. The normalized spacial score (nSPS) is 19.8. The molecule has 2 saturated heterocycles. The highest BCUT2D eigenvalue weighted by Gasteiger charge is 2.44. The zero-order chi connectivity index (χ0) is 23.8. The molecular formula is C25H29ClFN3O3. The molecule has 0 saturated carbocycles. The van der Waals surface area contributed by atoms with Gasteiger partial charge in [0, 0.05) is 29.8 Å². The highest BCUT2D eigenvalue weighted by molar-refractivity contribution is 6.30. The molecule has 1 unspecified atom stereocenters. The van der Waals surface area contributed by atoms with E-state index in [4.69, 9.17) is 16.3 Å². The zero-order valence-corrected chi connectivity index (χ0v) is 19.9. The van der Waals surface area contributed by atoms with Crippen LogP contribution in [0, 0.1) is 5.82 Å².